The van der Waals surface area contributed by atoms with Gasteiger partial charge in [0.05, 0.1) is 0 Å². The zero-order valence-corrected chi connectivity index (χ0v) is 13.4. The average Bonchev–Trinajstić information content (AvgIpc) is 2.33. The van der Waals surface area contributed by atoms with Crippen LogP contribution in [0.5, 0.6) is 0 Å². The quantitative estimate of drug-likeness (QED) is 0.724. The summed E-state index contributed by atoms with van der Waals surface area (Å²) in [7, 11) is 4.19. The average molecular weight is 315 g/mol. The third-order valence-corrected chi connectivity index (χ3v) is 3.08. The fourth-order valence-electron chi connectivity index (χ4n) is 1.70. The zero-order valence-electron chi connectivity index (χ0n) is 11.8. The molecule has 1 rings (SSSR count). The van der Waals surface area contributed by atoms with Crippen molar-refractivity contribution in [2.75, 3.05) is 38.6 Å². The molecule has 0 atom stereocenters. The van der Waals surface area contributed by atoms with Crippen LogP contribution >= 0.6 is 15.9 Å². The highest BCUT2D eigenvalue weighted by molar-refractivity contribution is 9.10. The van der Waals surface area contributed by atoms with Crippen molar-refractivity contribution < 1.29 is 0 Å². The highest BCUT2D eigenvalue weighted by Gasteiger charge is 2.10. The van der Waals surface area contributed by atoms with Gasteiger partial charge in [-0.05, 0) is 36.4 Å². The molecule has 4 nitrogen and oxygen atoms in total. The highest BCUT2D eigenvalue weighted by Crippen LogP contribution is 2.17. The van der Waals surface area contributed by atoms with Gasteiger partial charge in [0.25, 0.3) is 0 Å². The Labute approximate surface area is 119 Å². The Bertz CT molecular complexity index is 368. The lowest BCUT2D eigenvalue weighted by molar-refractivity contribution is 0.412. The molecule has 0 spiro atoms. The summed E-state index contributed by atoms with van der Waals surface area (Å²) in [6.07, 6.45) is 1.98. The Morgan fingerprint density at radius 1 is 1.11 bits per heavy atom. The van der Waals surface area contributed by atoms with E-state index >= 15 is 0 Å². The van der Waals surface area contributed by atoms with Crippen LogP contribution < -0.4 is 4.90 Å². The Morgan fingerprint density at radius 3 is 2.39 bits per heavy atom. The molecule has 0 bridgehead atoms. The van der Waals surface area contributed by atoms with Crippen LogP contribution in [0.2, 0.25) is 0 Å². The van der Waals surface area contributed by atoms with Crippen LogP contribution in [0.15, 0.2) is 10.7 Å². The Balaban J connectivity index is 2.86. The molecule has 0 saturated carbocycles. The maximum atomic E-state index is 4.62. The third-order valence-electron chi connectivity index (χ3n) is 2.68. The van der Waals surface area contributed by atoms with Gasteiger partial charge in [-0.1, -0.05) is 13.8 Å². The first-order valence-corrected chi connectivity index (χ1v) is 7.29. The molecule has 102 valence electrons. The number of halogens is 1. The molecule has 0 radical (unpaired) electrons. The number of nitrogens with zero attached hydrogens (tertiary/aromatic N) is 4. The van der Waals surface area contributed by atoms with E-state index in [2.05, 4.69) is 63.6 Å². The minimum absolute atomic E-state index is 0.861. The molecule has 0 aromatic carbocycles. The zero-order chi connectivity index (χ0) is 13.5. The van der Waals surface area contributed by atoms with E-state index in [-0.39, 0.29) is 0 Å². The maximum Gasteiger partial charge on any atom is 0.133 e. The van der Waals surface area contributed by atoms with E-state index in [0.717, 1.165) is 48.7 Å². The van der Waals surface area contributed by atoms with Crippen molar-refractivity contribution >= 4 is 21.7 Å². The molecule has 0 saturated heterocycles. The highest BCUT2D eigenvalue weighted by atomic mass is 79.9. The predicted octanol–water partition coefficient (Wildman–Crippen LogP) is 2.58. The molecular formula is C13H23BrN4. The predicted molar refractivity (Wildman–Crippen MR) is 80.2 cm³/mol. The summed E-state index contributed by atoms with van der Waals surface area (Å²) in [5, 5.41) is 0. The monoisotopic (exact) mass is 314 g/mol. The molecule has 0 aliphatic heterocycles. The van der Waals surface area contributed by atoms with Crippen LogP contribution in [0.4, 0.5) is 5.82 Å². The molecule has 0 amide bonds. The van der Waals surface area contributed by atoms with Crippen molar-refractivity contribution in [3.8, 4) is 0 Å². The molecule has 0 fully saturated rings. The lowest BCUT2D eigenvalue weighted by Gasteiger charge is -2.25. The first-order valence-electron chi connectivity index (χ1n) is 6.50. The second-order valence-corrected chi connectivity index (χ2v) is 5.42. The summed E-state index contributed by atoms with van der Waals surface area (Å²) in [6, 6.07) is 2.00. The maximum absolute atomic E-state index is 4.62. The van der Waals surface area contributed by atoms with Gasteiger partial charge in [0.2, 0.25) is 0 Å². The van der Waals surface area contributed by atoms with Gasteiger partial charge in [-0.2, -0.15) is 0 Å². The lowest BCUT2D eigenvalue weighted by Crippen LogP contribution is -2.33. The molecule has 1 aromatic heterocycles. The molecule has 1 heterocycles. The SMILES string of the molecule is CCCN(CCN(C)C)c1cc(Br)nc(CC)n1. The van der Waals surface area contributed by atoms with Crippen LogP contribution in [0.25, 0.3) is 0 Å². The molecular weight excluding hydrogens is 292 g/mol. The van der Waals surface area contributed by atoms with Gasteiger partial charge < -0.3 is 9.80 Å². The standard InChI is InChI=1S/C13H23BrN4/c1-5-7-18(9-8-17(3)4)13-10-11(14)15-12(6-2)16-13/h10H,5-9H2,1-4H3. The van der Waals surface area contributed by atoms with Crippen LogP contribution in [0.3, 0.4) is 0 Å². The summed E-state index contributed by atoms with van der Waals surface area (Å²) < 4.78 is 0.871. The van der Waals surface area contributed by atoms with Gasteiger partial charge in [-0.25, -0.2) is 9.97 Å². The summed E-state index contributed by atoms with van der Waals surface area (Å²) in [5.41, 5.74) is 0. The number of likely N-dealkylation sites (N-methyl/N-ethyl adjacent to an activating group) is 1. The fraction of sp³-hybridized carbons (Fsp3) is 0.692. The van der Waals surface area contributed by atoms with Crippen LogP contribution in [-0.4, -0.2) is 48.6 Å². The first-order chi connectivity index (χ1) is 8.56. The number of hydrogen-bond donors (Lipinski definition) is 0. The number of aryl methyl sites for hydroxylation is 1. The number of rotatable bonds is 7. The van der Waals surface area contributed by atoms with E-state index < -0.39 is 0 Å². The van der Waals surface area contributed by atoms with E-state index in [1.54, 1.807) is 0 Å². The van der Waals surface area contributed by atoms with Crippen molar-refractivity contribution in [3.63, 3.8) is 0 Å². The van der Waals surface area contributed by atoms with Gasteiger partial charge in [0.1, 0.15) is 16.2 Å². The summed E-state index contributed by atoms with van der Waals surface area (Å²) in [5.74, 6) is 1.92. The van der Waals surface area contributed by atoms with E-state index in [0.29, 0.717) is 0 Å². The number of anilines is 1. The van der Waals surface area contributed by atoms with Crippen molar-refractivity contribution in [1.82, 2.24) is 14.9 Å². The van der Waals surface area contributed by atoms with Crippen LogP contribution in [0.1, 0.15) is 26.1 Å². The Hall–Kier alpha value is -0.680. The number of hydrogen-bond acceptors (Lipinski definition) is 4. The molecule has 1 aromatic rings. The first kappa shape index (κ1) is 15.4. The van der Waals surface area contributed by atoms with Gasteiger partial charge in [0.15, 0.2) is 0 Å². The third kappa shape index (κ3) is 4.90. The topological polar surface area (TPSA) is 32.3 Å². The Morgan fingerprint density at radius 2 is 1.83 bits per heavy atom. The molecule has 0 unspecified atom stereocenters. The minimum Gasteiger partial charge on any atom is -0.355 e. The van der Waals surface area contributed by atoms with Gasteiger partial charge in [0, 0.05) is 32.1 Å². The van der Waals surface area contributed by atoms with Crippen molar-refractivity contribution in [2.45, 2.75) is 26.7 Å². The molecule has 0 N–H and O–H groups in total. The fourth-order valence-corrected chi connectivity index (χ4v) is 2.11. The lowest BCUT2D eigenvalue weighted by atomic mass is 10.3. The molecule has 0 aliphatic rings. The van der Waals surface area contributed by atoms with Crippen molar-refractivity contribution in [3.05, 3.63) is 16.5 Å². The van der Waals surface area contributed by atoms with Gasteiger partial charge >= 0.3 is 0 Å². The summed E-state index contributed by atoms with van der Waals surface area (Å²) in [6.45, 7) is 7.33. The normalized spacial score (nSPS) is 11.0. The second kappa shape index (κ2) is 7.69. The number of aromatic nitrogens is 2. The summed E-state index contributed by atoms with van der Waals surface area (Å²) in [4.78, 5) is 13.5. The van der Waals surface area contributed by atoms with E-state index in [4.69, 9.17) is 0 Å². The van der Waals surface area contributed by atoms with Gasteiger partial charge in [-0.15, -0.1) is 0 Å². The van der Waals surface area contributed by atoms with E-state index in [9.17, 15) is 0 Å². The molecule has 18 heavy (non-hydrogen) atoms. The van der Waals surface area contributed by atoms with Crippen molar-refractivity contribution in [1.29, 1.82) is 0 Å². The van der Waals surface area contributed by atoms with Crippen LogP contribution in [0, 0.1) is 0 Å². The van der Waals surface area contributed by atoms with E-state index in [1.807, 2.05) is 6.07 Å². The largest absolute Gasteiger partial charge is 0.355 e. The van der Waals surface area contributed by atoms with E-state index in [1.165, 1.54) is 0 Å². The Kier molecular flexibility index (Phi) is 6.57. The summed E-state index contributed by atoms with van der Waals surface area (Å²) >= 11 is 3.47. The second-order valence-electron chi connectivity index (χ2n) is 4.61. The minimum atomic E-state index is 0.861. The molecule has 5 heteroatoms. The van der Waals surface area contributed by atoms with Gasteiger partial charge in [-0.3, -0.25) is 0 Å². The van der Waals surface area contributed by atoms with Crippen LogP contribution in [-0.2, 0) is 6.42 Å². The van der Waals surface area contributed by atoms with Crippen molar-refractivity contribution in [2.24, 2.45) is 0 Å². The smallest absolute Gasteiger partial charge is 0.133 e. The molecule has 0 aliphatic carbocycles.